The number of amides is 1. The third kappa shape index (κ3) is 4.48. The lowest BCUT2D eigenvalue weighted by molar-refractivity contribution is -0.110. The van der Waals surface area contributed by atoms with Crippen LogP contribution in [0.5, 0.6) is 28.7 Å². The van der Waals surface area contributed by atoms with Gasteiger partial charge in [0.05, 0.1) is 41.1 Å². The monoisotopic (exact) mass is 562 g/mol. The molecule has 1 aliphatic rings. The first kappa shape index (κ1) is 27.3. The number of anilines is 1. The minimum atomic E-state index is -0.205. The first-order valence-corrected chi connectivity index (χ1v) is 13.0. The second-order valence-electron chi connectivity index (χ2n) is 9.54. The summed E-state index contributed by atoms with van der Waals surface area (Å²) in [4.78, 5) is 13.1. The zero-order valence-corrected chi connectivity index (χ0v) is 24.3. The first-order chi connectivity index (χ1) is 19.2. The molecule has 0 fully saturated rings. The predicted molar refractivity (Wildman–Crippen MR) is 158 cm³/mol. The van der Waals surface area contributed by atoms with E-state index >= 15 is 0 Å². The fraction of sp³-hybridized carbons (Fsp3) is 0.258. The van der Waals surface area contributed by atoms with Gasteiger partial charge < -0.3 is 33.6 Å². The Morgan fingerprint density at radius 2 is 1.40 bits per heavy atom. The van der Waals surface area contributed by atoms with Gasteiger partial charge in [-0.2, -0.15) is 0 Å². The number of halogens is 1. The van der Waals surface area contributed by atoms with Crippen molar-refractivity contribution in [3.63, 3.8) is 0 Å². The third-order valence-electron chi connectivity index (χ3n) is 7.23. The number of hydrogen-bond donors (Lipinski definition) is 1. The summed E-state index contributed by atoms with van der Waals surface area (Å²) in [5.74, 6) is 2.83. The summed E-state index contributed by atoms with van der Waals surface area (Å²) >= 11 is 7.13. The molecule has 1 N–H and O–H groups in total. The molecule has 0 saturated heterocycles. The highest BCUT2D eigenvalue weighted by Gasteiger charge is 2.27. The van der Waals surface area contributed by atoms with Crippen LogP contribution < -0.4 is 29.0 Å². The summed E-state index contributed by atoms with van der Waals surface area (Å²) < 4.78 is 29.8. The van der Waals surface area contributed by atoms with Crippen molar-refractivity contribution in [2.75, 3.05) is 40.9 Å². The maximum atomic E-state index is 13.1. The molecular formula is C31H31ClN2O6. The molecule has 1 aromatic heterocycles. The normalized spacial score (nSPS) is 13.4. The van der Waals surface area contributed by atoms with Crippen LogP contribution in [0.4, 0.5) is 5.69 Å². The Bertz CT molecular complexity index is 1660. The molecule has 40 heavy (non-hydrogen) atoms. The van der Waals surface area contributed by atoms with E-state index in [4.69, 9.17) is 35.3 Å². The SMILES string of the molecule is COc1cc2c(cc1C)NC(=O)/C2=C/c1c(Cl)n(Cc2cc(OC)c(OC)c(OC)c2)c2cc(C)c(OC)cc12. The second kappa shape index (κ2) is 10.7. The second-order valence-corrected chi connectivity index (χ2v) is 9.90. The van der Waals surface area contributed by atoms with Crippen molar-refractivity contribution in [1.29, 1.82) is 0 Å². The molecule has 3 aromatic carbocycles. The van der Waals surface area contributed by atoms with E-state index in [1.54, 1.807) is 35.5 Å². The lowest BCUT2D eigenvalue weighted by atomic mass is 10.0. The van der Waals surface area contributed by atoms with Crippen LogP contribution in [0.15, 0.2) is 36.4 Å². The number of methoxy groups -OCH3 is 5. The van der Waals surface area contributed by atoms with Crippen molar-refractivity contribution in [1.82, 2.24) is 4.57 Å². The quantitative estimate of drug-likeness (QED) is 0.247. The van der Waals surface area contributed by atoms with E-state index in [2.05, 4.69) is 5.32 Å². The zero-order chi connectivity index (χ0) is 28.7. The van der Waals surface area contributed by atoms with Crippen LogP contribution in [-0.4, -0.2) is 46.0 Å². The molecule has 0 saturated carbocycles. The molecule has 0 aliphatic carbocycles. The molecule has 8 nitrogen and oxygen atoms in total. The molecule has 208 valence electrons. The van der Waals surface area contributed by atoms with Crippen molar-refractivity contribution in [3.8, 4) is 28.7 Å². The highest BCUT2D eigenvalue weighted by atomic mass is 35.5. The molecule has 4 aromatic rings. The van der Waals surface area contributed by atoms with Crippen LogP contribution in [-0.2, 0) is 11.3 Å². The Morgan fingerprint density at radius 3 is 2.00 bits per heavy atom. The molecule has 9 heteroatoms. The highest BCUT2D eigenvalue weighted by molar-refractivity contribution is 6.38. The molecule has 1 aliphatic heterocycles. The summed E-state index contributed by atoms with van der Waals surface area (Å²) in [7, 11) is 7.99. The topological polar surface area (TPSA) is 80.2 Å². The van der Waals surface area contributed by atoms with Crippen LogP contribution in [0.25, 0.3) is 22.6 Å². The van der Waals surface area contributed by atoms with Gasteiger partial charge in [0.1, 0.15) is 16.7 Å². The predicted octanol–water partition coefficient (Wildman–Crippen LogP) is 6.50. The molecule has 5 rings (SSSR count). The molecule has 0 radical (unpaired) electrons. The number of carbonyl (C=O) groups is 1. The number of aromatic nitrogens is 1. The van der Waals surface area contributed by atoms with Crippen molar-refractivity contribution < 1.29 is 28.5 Å². The Kier molecular flexibility index (Phi) is 7.29. The van der Waals surface area contributed by atoms with Gasteiger partial charge >= 0.3 is 0 Å². The van der Waals surface area contributed by atoms with E-state index in [9.17, 15) is 4.79 Å². The molecule has 0 spiro atoms. The molecule has 0 bridgehead atoms. The molecular weight excluding hydrogens is 532 g/mol. The number of benzene rings is 3. The summed E-state index contributed by atoms with van der Waals surface area (Å²) in [6.45, 7) is 4.34. The average molecular weight is 563 g/mol. The Labute approximate surface area is 238 Å². The number of ether oxygens (including phenoxy) is 5. The van der Waals surface area contributed by atoms with Crippen LogP contribution in [0.3, 0.4) is 0 Å². The maximum Gasteiger partial charge on any atom is 0.256 e. The number of rotatable bonds is 8. The lowest BCUT2D eigenvalue weighted by Crippen LogP contribution is -2.04. The van der Waals surface area contributed by atoms with E-state index in [0.717, 1.165) is 44.6 Å². The molecule has 0 unspecified atom stereocenters. The minimum absolute atomic E-state index is 0.205. The van der Waals surface area contributed by atoms with E-state index in [-0.39, 0.29) is 5.91 Å². The first-order valence-electron chi connectivity index (χ1n) is 12.6. The van der Waals surface area contributed by atoms with Crippen molar-refractivity contribution in [3.05, 3.63) is 69.4 Å². The van der Waals surface area contributed by atoms with Crippen LogP contribution in [0.2, 0.25) is 5.15 Å². The standard InChI is InChI=1S/C31H31ClN2O6/c1-16-8-23-19(13-25(16)36-3)22(31(35)33-23)12-21-20-14-26(37-4)17(2)9-24(20)34(30(21)32)15-18-10-27(38-5)29(40-7)28(11-18)39-6/h8-14H,15H2,1-7H3,(H,33,35)/b22-12+. The summed E-state index contributed by atoms with van der Waals surface area (Å²) in [5.41, 5.74) is 6.38. The van der Waals surface area contributed by atoms with Crippen molar-refractivity contribution >= 4 is 45.7 Å². The smallest absolute Gasteiger partial charge is 0.256 e. The van der Waals surface area contributed by atoms with Gasteiger partial charge in [0.2, 0.25) is 5.75 Å². The fourth-order valence-electron chi connectivity index (χ4n) is 5.23. The summed E-state index contributed by atoms with van der Waals surface area (Å²) in [6.07, 6.45) is 1.83. The minimum Gasteiger partial charge on any atom is -0.496 e. The zero-order valence-electron chi connectivity index (χ0n) is 23.5. The third-order valence-corrected chi connectivity index (χ3v) is 7.63. The maximum absolute atomic E-state index is 13.1. The van der Waals surface area contributed by atoms with Crippen LogP contribution in [0.1, 0.15) is 27.8 Å². The van der Waals surface area contributed by atoms with Crippen molar-refractivity contribution in [2.45, 2.75) is 20.4 Å². The van der Waals surface area contributed by atoms with Gasteiger partial charge in [-0.05, 0) is 73.0 Å². The fourth-order valence-corrected chi connectivity index (χ4v) is 5.54. The number of aryl methyl sites for hydroxylation is 2. The largest absolute Gasteiger partial charge is 0.496 e. The highest BCUT2D eigenvalue weighted by Crippen LogP contribution is 2.43. The Morgan fingerprint density at radius 1 is 0.800 bits per heavy atom. The van der Waals surface area contributed by atoms with E-state index in [0.29, 0.717) is 45.8 Å². The van der Waals surface area contributed by atoms with Crippen LogP contribution >= 0.6 is 11.6 Å². The summed E-state index contributed by atoms with van der Waals surface area (Å²) in [6, 6.07) is 11.6. The average Bonchev–Trinajstić information content (AvgIpc) is 3.38. The Balaban J connectivity index is 1.72. The van der Waals surface area contributed by atoms with E-state index in [1.807, 2.05) is 60.9 Å². The molecule has 0 atom stereocenters. The van der Waals surface area contributed by atoms with Gasteiger partial charge in [-0.3, -0.25) is 4.79 Å². The number of nitrogens with one attached hydrogen (secondary N) is 1. The van der Waals surface area contributed by atoms with Crippen molar-refractivity contribution in [2.24, 2.45) is 0 Å². The summed E-state index contributed by atoms with van der Waals surface area (Å²) in [5, 5.41) is 4.30. The molecule has 1 amide bonds. The molecule has 2 heterocycles. The lowest BCUT2D eigenvalue weighted by Gasteiger charge is -2.15. The number of fused-ring (bicyclic) bond motifs is 2. The van der Waals surface area contributed by atoms with Gasteiger partial charge in [0, 0.05) is 34.3 Å². The van der Waals surface area contributed by atoms with Gasteiger partial charge in [-0.25, -0.2) is 0 Å². The van der Waals surface area contributed by atoms with Gasteiger partial charge in [0.25, 0.3) is 5.91 Å². The van der Waals surface area contributed by atoms with E-state index in [1.165, 1.54) is 0 Å². The van der Waals surface area contributed by atoms with Gasteiger partial charge in [-0.1, -0.05) is 11.6 Å². The van der Waals surface area contributed by atoms with Gasteiger partial charge in [0.15, 0.2) is 11.5 Å². The van der Waals surface area contributed by atoms with Gasteiger partial charge in [-0.15, -0.1) is 0 Å². The van der Waals surface area contributed by atoms with Crippen LogP contribution in [0, 0.1) is 13.8 Å². The number of nitrogens with zero attached hydrogens (tertiary/aromatic N) is 1. The van der Waals surface area contributed by atoms with E-state index < -0.39 is 0 Å². The Hall–Kier alpha value is -4.30. The number of carbonyl (C=O) groups excluding carboxylic acids is 1. The number of hydrogen-bond acceptors (Lipinski definition) is 6.